The second kappa shape index (κ2) is 3.36. The molecule has 0 aliphatic carbocycles. The molecule has 0 radical (unpaired) electrons. The highest BCUT2D eigenvalue weighted by atomic mass is 16.5. The van der Waals surface area contributed by atoms with E-state index in [-0.39, 0.29) is 0 Å². The Morgan fingerprint density at radius 3 is 3.15 bits per heavy atom. The highest BCUT2D eigenvalue weighted by molar-refractivity contribution is 5.31. The van der Waals surface area contributed by atoms with Crippen molar-refractivity contribution in [2.45, 2.75) is 26.2 Å². The summed E-state index contributed by atoms with van der Waals surface area (Å²) in [4.78, 5) is 4.40. The van der Waals surface area contributed by atoms with Gasteiger partial charge in [-0.3, -0.25) is 4.98 Å². The molecular weight excluding hydrogens is 162 g/mol. The molecule has 1 atom stereocenters. The van der Waals surface area contributed by atoms with Gasteiger partial charge in [0.25, 0.3) is 0 Å². The predicted molar refractivity (Wildman–Crippen MR) is 51.9 cm³/mol. The maximum absolute atomic E-state index is 5.54. The van der Waals surface area contributed by atoms with E-state index >= 15 is 0 Å². The number of rotatable bonds is 1. The molecule has 0 saturated heterocycles. The molecule has 0 amide bonds. The van der Waals surface area contributed by atoms with Gasteiger partial charge >= 0.3 is 0 Å². The molecule has 1 aliphatic rings. The van der Waals surface area contributed by atoms with Crippen LogP contribution in [0.3, 0.4) is 0 Å². The smallest absolute Gasteiger partial charge is 0.141 e. The summed E-state index contributed by atoms with van der Waals surface area (Å²) < 4.78 is 5.54. The van der Waals surface area contributed by atoms with Crippen LogP contribution < -0.4 is 4.74 Å². The lowest BCUT2D eigenvalue weighted by molar-refractivity contribution is 0.242. The third-order valence-corrected chi connectivity index (χ3v) is 2.64. The van der Waals surface area contributed by atoms with Crippen LogP contribution in [0.25, 0.3) is 0 Å². The van der Waals surface area contributed by atoms with E-state index in [1.54, 1.807) is 0 Å². The Hall–Kier alpha value is -1.05. The molecule has 0 spiro atoms. The van der Waals surface area contributed by atoms with Crippen LogP contribution in [-0.4, -0.2) is 11.6 Å². The average Bonchev–Trinajstić information content (AvgIpc) is 2.17. The van der Waals surface area contributed by atoms with Crippen molar-refractivity contribution < 1.29 is 4.74 Å². The maximum atomic E-state index is 5.54. The molecule has 0 saturated carbocycles. The number of hydrogen-bond donors (Lipinski definition) is 0. The standard InChI is InChI=1S/C11H15NO/c1-8(2)9-5-7-13-10-4-3-6-12-11(9)10/h3-4,6,8-9H,5,7H2,1-2H3/t9-/m0/s1. The minimum Gasteiger partial charge on any atom is -0.492 e. The fourth-order valence-corrected chi connectivity index (χ4v) is 1.88. The summed E-state index contributed by atoms with van der Waals surface area (Å²) in [6.07, 6.45) is 2.95. The normalized spacial score (nSPS) is 21.0. The first-order valence-electron chi connectivity index (χ1n) is 4.86. The lowest BCUT2D eigenvalue weighted by Crippen LogP contribution is -2.19. The van der Waals surface area contributed by atoms with Crippen LogP contribution in [0.15, 0.2) is 18.3 Å². The number of aromatic nitrogens is 1. The van der Waals surface area contributed by atoms with Gasteiger partial charge in [-0.05, 0) is 24.5 Å². The lowest BCUT2D eigenvalue weighted by atomic mass is 9.87. The van der Waals surface area contributed by atoms with Gasteiger partial charge in [-0.1, -0.05) is 13.8 Å². The molecule has 0 unspecified atom stereocenters. The Morgan fingerprint density at radius 1 is 1.54 bits per heavy atom. The molecule has 13 heavy (non-hydrogen) atoms. The third kappa shape index (κ3) is 1.53. The molecule has 0 N–H and O–H groups in total. The van der Waals surface area contributed by atoms with Gasteiger partial charge in [0.05, 0.1) is 12.3 Å². The SMILES string of the molecule is CC(C)[C@@H]1CCOc2cccnc21. The lowest BCUT2D eigenvalue weighted by Gasteiger charge is -2.27. The van der Waals surface area contributed by atoms with E-state index in [0.29, 0.717) is 11.8 Å². The number of fused-ring (bicyclic) bond motifs is 1. The number of ether oxygens (including phenoxy) is 1. The fraction of sp³-hybridized carbons (Fsp3) is 0.545. The molecule has 2 heterocycles. The van der Waals surface area contributed by atoms with E-state index in [1.165, 1.54) is 0 Å². The maximum Gasteiger partial charge on any atom is 0.141 e. The zero-order valence-corrected chi connectivity index (χ0v) is 8.16. The number of hydrogen-bond acceptors (Lipinski definition) is 2. The van der Waals surface area contributed by atoms with Crippen LogP contribution in [0.5, 0.6) is 5.75 Å². The zero-order chi connectivity index (χ0) is 9.26. The third-order valence-electron chi connectivity index (χ3n) is 2.64. The van der Waals surface area contributed by atoms with Gasteiger partial charge in [-0.15, -0.1) is 0 Å². The van der Waals surface area contributed by atoms with E-state index in [9.17, 15) is 0 Å². The van der Waals surface area contributed by atoms with E-state index in [2.05, 4.69) is 18.8 Å². The number of nitrogens with zero attached hydrogens (tertiary/aromatic N) is 1. The molecule has 0 aromatic carbocycles. The molecule has 2 heteroatoms. The molecule has 1 aromatic rings. The van der Waals surface area contributed by atoms with Crippen molar-refractivity contribution in [1.29, 1.82) is 0 Å². The fourth-order valence-electron chi connectivity index (χ4n) is 1.88. The van der Waals surface area contributed by atoms with Gasteiger partial charge < -0.3 is 4.74 Å². The largest absolute Gasteiger partial charge is 0.492 e. The van der Waals surface area contributed by atoms with Gasteiger partial charge in [-0.25, -0.2) is 0 Å². The molecule has 0 fully saturated rings. The van der Waals surface area contributed by atoms with E-state index in [4.69, 9.17) is 4.74 Å². The Morgan fingerprint density at radius 2 is 2.38 bits per heavy atom. The summed E-state index contributed by atoms with van der Waals surface area (Å²) in [6, 6.07) is 3.94. The van der Waals surface area contributed by atoms with Gasteiger partial charge in [0, 0.05) is 12.1 Å². The molecule has 2 rings (SSSR count). The van der Waals surface area contributed by atoms with Gasteiger partial charge in [-0.2, -0.15) is 0 Å². The van der Waals surface area contributed by atoms with Gasteiger partial charge in [0.1, 0.15) is 5.75 Å². The Bertz CT molecular complexity index is 296. The molecule has 1 aromatic heterocycles. The quantitative estimate of drug-likeness (QED) is 0.657. The van der Waals surface area contributed by atoms with Crippen LogP contribution in [0.1, 0.15) is 31.9 Å². The van der Waals surface area contributed by atoms with Crippen LogP contribution in [0.2, 0.25) is 0 Å². The molecular formula is C11H15NO. The van der Waals surface area contributed by atoms with Crippen molar-refractivity contribution in [2.75, 3.05) is 6.61 Å². The number of pyridine rings is 1. The summed E-state index contributed by atoms with van der Waals surface area (Å²) in [5.74, 6) is 2.20. The van der Waals surface area contributed by atoms with Crippen LogP contribution >= 0.6 is 0 Å². The van der Waals surface area contributed by atoms with Crippen molar-refractivity contribution in [1.82, 2.24) is 4.98 Å². The minimum atomic E-state index is 0.574. The predicted octanol–water partition coefficient (Wildman–Crippen LogP) is 2.60. The van der Waals surface area contributed by atoms with Crippen molar-refractivity contribution in [3.8, 4) is 5.75 Å². The highest BCUT2D eigenvalue weighted by Gasteiger charge is 2.24. The summed E-state index contributed by atoms with van der Waals surface area (Å²) in [7, 11) is 0. The Kier molecular flexibility index (Phi) is 2.21. The first kappa shape index (κ1) is 8.54. The molecule has 2 nitrogen and oxygen atoms in total. The van der Waals surface area contributed by atoms with Crippen molar-refractivity contribution in [2.24, 2.45) is 5.92 Å². The van der Waals surface area contributed by atoms with Crippen molar-refractivity contribution in [3.63, 3.8) is 0 Å². The van der Waals surface area contributed by atoms with Crippen molar-refractivity contribution in [3.05, 3.63) is 24.0 Å². The summed E-state index contributed by atoms with van der Waals surface area (Å²) >= 11 is 0. The van der Waals surface area contributed by atoms with Crippen LogP contribution in [0, 0.1) is 5.92 Å². The summed E-state index contributed by atoms with van der Waals surface area (Å²) in [5, 5.41) is 0. The average molecular weight is 177 g/mol. The molecule has 1 aliphatic heterocycles. The monoisotopic (exact) mass is 177 g/mol. The van der Waals surface area contributed by atoms with E-state index in [1.807, 2.05) is 18.3 Å². The first-order chi connectivity index (χ1) is 6.29. The Balaban J connectivity index is 2.37. The van der Waals surface area contributed by atoms with Crippen LogP contribution in [-0.2, 0) is 0 Å². The van der Waals surface area contributed by atoms with E-state index < -0.39 is 0 Å². The summed E-state index contributed by atoms with van der Waals surface area (Å²) in [5.41, 5.74) is 1.14. The van der Waals surface area contributed by atoms with Crippen LogP contribution in [0.4, 0.5) is 0 Å². The Labute approximate surface area is 78.9 Å². The highest BCUT2D eigenvalue weighted by Crippen LogP contribution is 2.35. The second-order valence-electron chi connectivity index (χ2n) is 3.87. The second-order valence-corrected chi connectivity index (χ2v) is 3.87. The topological polar surface area (TPSA) is 22.1 Å². The summed E-state index contributed by atoms with van der Waals surface area (Å²) in [6.45, 7) is 5.32. The molecule has 0 bridgehead atoms. The first-order valence-corrected chi connectivity index (χ1v) is 4.86. The zero-order valence-electron chi connectivity index (χ0n) is 8.16. The molecule has 70 valence electrons. The van der Waals surface area contributed by atoms with Gasteiger partial charge in [0.2, 0.25) is 0 Å². The van der Waals surface area contributed by atoms with Crippen molar-refractivity contribution >= 4 is 0 Å². The minimum absolute atomic E-state index is 0.574. The van der Waals surface area contributed by atoms with E-state index in [0.717, 1.165) is 24.5 Å². The van der Waals surface area contributed by atoms with Gasteiger partial charge in [0.15, 0.2) is 0 Å².